The van der Waals surface area contributed by atoms with Crippen LogP contribution < -0.4 is 9.64 Å². The van der Waals surface area contributed by atoms with E-state index in [4.69, 9.17) is 9.26 Å². The third-order valence-electron chi connectivity index (χ3n) is 4.81. The number of hydrogen-bond acceptors (Lipinski definition) is 5. The Hall–Kier alpha value is -1.95. The molecule has 3 aliphatic heterocycles. The van der Waals surface area contributed by atoms with Crippen LogP contribution in [0.1, 0.15) is 23.3 Å². The maximum absolute atomic E-state index is 13.3. The van der Waals surface area contributed by atoms with Crippen LogP contribution in [0.5, 0.6) is 5.88 Å². The molecule has 1 aromatic heterocycles. The minimum Gasteiger partial charge on any atom is -0.473 e. The van der Waals surface area contributed by atoms with E-state index in [1.54, 1.807) is 0 Å². The Balaban J connectivity index is 1.85. The van der Waals surface area contributed by atoms with Crippen LogP contribution in [0.4, 0.5) is 5.69 Å². The lowest BCUT2D eigenvalue weighted by Crippen LogP contribution is -2.43. The standard InChI is InChI=1S/C16H14N2O3S/c1-9-12-14(17-21-9)20-8-16(12)10-4-2-5-11-13(10)18(15(16)19)6-3-7-22-11/h2,4-5H,3,6-8H2,1H3. The van der Waals surface area contributed by atoms with Crippen LogP contribution in [0.15, 0.2) is 27.6 Å². The van der Waals surface area contributed by atoms with Crippen molar-refractivity contribution in [1.82, 2.24) is 5.16 Å². The lowest BCUT2D eigenvalue weighted by Gasteiger charge is -2.22. The number of hydrogen-bond donors (Lipinski definition) is 0. The van der Waals surface area contributed by atoms with Crippen molar-refractivity contribution in [2.45, 2.75) is 23.7 Å². The van der Waals surface area contributed by atoms with Gasteiger partial charge in [0.05, 0.1) is 11.3 Å². The highest BCUT2D eigenvalue weighted by atomic mass is 32.2. The molecular weight excluding hydrogens is 300 g/mol. The molecule has 5 rings (SSSR count). The third-order valence-corrected chi connectivity index (χ3v) is 5.94. The van der Waals surface area contributed by atoms with Crippen molar-refractivity contribution in [3.63, 3.8) is 0 Å². The molecule has 0 N–H and O–H groups in total. The zero-order valence-electron chi connectivity index (χ0n) is 12.1. The smallest absolute Gasteiger partial charge is 0.259 e. The molecule has 1 aromatic carbocycles. The van der Waals surface area contributed by atoms with Gasteiger partial charge in [-0.3, -0.25) is 4.79 Å². The number of carbonyl (C=O) groups is 1. The van der Waals surface area contributed by atoms with Gasteiger partial charge in [0.2, 0.25) is 5.91 Å². The van der Waals surface area contributed by atoms with Crippen LogP contribution in [0, 0.1) is 6.92 Å². The number of fused-ring (bicyclic) bond motifs is 3. The second kappa shape index (κ2) is 4.07. The molecule has 1 unspecified atom stereocenters. The number of carbonyl (C=O) groups excluding carboxylic acids is 1. The van der Waals surface area contributed by atoms with Gasteiger partial charge in [-0.1, -0.05) is 12.1 Å². The number of aryl methyl sites for hydroxylation is 1. The molecule has 6 heteroatoms. The molecule has 0 saturated carbocycles. The predicted octanol–water partition coefficient (Wildman–Crippen LogP) is 2.50. The van der Waals surface area contributed by atoms with E-state index in [1.807, 2.05) is 35.7 Å². The fourth-order valence-electron chi connectivity index (χ4n) is 3.89. The summed E-state index contributed by atoms with van der Waals surface area (Å²) in [6.07, 6.45) is 0.997. The minimum absolute atomic E-state index is 0.0995. The molecule has 5 nitrogen and oxygen atoms in total. The molecule has 3 aliphatic rings. The van der Waals surface area contributed by atoms with Crippen molar-refractivity contribution < 1.29 is 14.1 Å². The Morgan fingerprint density at radius 3 is 3.23 bits per heavy atom. The summed E-state index contributed by atoms with van der Waals surface area (Å²) in [6, 6.07) is 6.19. The molecule has 0 fully saturated rings. The zero-order chi connectivity index (χ0) is 14.9. The summed E-state index contributed by atoms with van der Waals surface area (Å²) in [5, 5.41) is 3.96. The van der Waals surface area contributed by atoms with Crippen LogP contribution in [-0.2, 0) is 10.2 Å². The maximum Gasteiger partial charge on any atom is 0.259 e. The molecule has 112 valence electrons. The van der Waals surface area contributed by atoms with Crippen molar-refractivity contribution in [3.05, 3.63) is 35.1 Å². The van der Waals surface area contributed by atoms with Gasteiger partial charge < -0.3 is 14.2 Å². The average molecular weight is 314 g/mol. The van der Waals surface area contributed by atoms with Crippen molar-refractivity contribution in [1.29, 1.82) is 0 Å². The van der Waals surface area contributed by atoms with Crippen molar-refractivity contribution in [3.8, 4) is 5.88 Å². The van der Waals surface area contributed by atoms with Gasteiger partial charge in [0, 0.05) is 17.0 Å². The topological polar surface area (TPSA) is 55.6 Å². The number of para-hydroxylation sites is 1. The SMILES string of the molecule is Cc1onc2c1C1(CO2)C(=O)N2CCCSc3cccc1c32. The quantitative estimate of drug-likeness (QED) is 0.748. The number of amides is 1. The first-order valence-electron chi connectivity index (χ1n) is 7.41. The first-order valence-corrected chi connectivity index (χ1v) is 8.40. The highest BCUT2D eigenvalue weighted by Gasteiger charge is 2.60. The van der Waals surface area contributed by atoms with Gasteiger partial charge in [-0.15, -0.1) is 11.8 Å². The summed E-state index contributed by atoms with van der Waals surface area (Å²) in [7, 11) is 0. The number of rotatable bonds is 0. The van der Waals surface area contributed by atoms with Gasteiger partial charge in [0.25, 0.3) is 5.88 Å². The summed E-state index contributed by atoms with van der Waals surface area (Å²) in [6.45, 7) is 2.93. The highest BCUT2D eigenvalue weighted by molar-refractivity contribution is 7.99. The number of thioether (sulfide) groups is 1. The summed E-state index contributed by atoms with van der Waals surface area (Å²) >= 11 is 1.83. The second-order valence-corrected chi connectivity index (χ2v) is 7.06. The van der Waals surface area contributed by atoms with E-state index in [9.17, 15) is 4.79 Å². The molecule has 1 spiro atoms. The van der Waals surface area contributed by atoms with Crippen LogP contribution >= 0.6 is 11.8 Å². The monoisotopic (exact) mass is 314 g/mol. The highest BCUT2D eigenvalue weighted by Crippen LogP contribution is 2.55. The molecule has 0 aliphatic carbocycles. The average Bonchev–Trinajstić information content (AvgIpc) is 3.08. The van der Waals surface area contributed by atoms with Crippen molar-refractivity contribution >= 4 is 23.4 Å². The maximum atomic E-state index is 13.3. The van der Waals surface area contributed by atoms with Crippen molar-refractivity contribution in [2.24, 2.45) is 0 Å². The largest absolute Gasteiger partial charge is 0.473 e. The Morgan fingerprint density at radius 2 is 2.32 bits per heavy atom. The molecule has 0 bridgehead atoms. The van der Waals surface area contributed by atoms with E-state index in [0.29, 0.717) is 18.2 Å². The van der Waals surface area contributed by atoms with E-state index in [2.05, 4.69) is 11.2 Å². The lowest BCUT2D eigenvalue weighted by molar-refractivity contribution is -0.122. The predicted molar refractivity (Wildman–Crippen MR) is 81.7 cm³/mol. The molecule has 2 aromatic rings. The summed E-state index contributed by atoms with van der Waals surface area (Å²) in [5.41, 5.74) is 2.13. The van der Waals surface area contributed by atoms with Gasteiger partial charge >= 0.3 is 0 Å². The molecule has 22 heavy (non-hydrogen) atoms. The van der Waals surface area contributed by atoms with Crippen LogP contribution in [-0.4, -0.2) is 30.0 Å². The molecule has 4 heterocycles. The number of benzene rings is 1. The van der Waals surface area contributed by atoms with Gasteiger partial charge in [0.1, 0.15) is 17.8 Å². The first-order chi connectivity index (χ1) is 10.7. The summed E-state index contributed by atoms with van der Waals surface area (Å²) in [5.74, 6) is 2.28. The molecule has 0 saturated heterocycles. The normalized spacial score (nSPS) is 25.1. The summed E-state index contributed by atoms with van der Waals surface area (Å²) < 4.78 is 11.0. The lowest BCUT2D eigenvalue weighted by atomic mass is 9.77. The Bertz CT molecular complexity index is 816. The molecular formula is C16H14N2O3S. The molecule has 1 amide bonds. The second-order valence-electron chi connectivity index (χ2n) is 5.92. The van der Waals surface area contributed by atoms with Gasteiger partial charge in [0.15, 0.2) is 0 Å². The number of ether oxygens (including phenoxy) is 1. The van der Waals surface area contributed by atoms with Crippen LogP contribution in [0.25, 0.3) is 0 Å². The fourth-order valence-corrected chi connectivity index (χ4v) is 4.92. The molecule has 0 radical (unpaired) electrons. The fraction of sp³-hybridized carbons (Fsp3) is 0.375. The zero-order valence-corrected chi connectivity index (χ0v) is 12.9. The van der Waals surface area contributed by atoms with Crippen LogP contribution in [0.3, 0.4) is 0 Å². The van der Waals surface area contributed by atoms with Crippen molar-refractivity contribution in [2.75, 3.05) is 23.8 Å². The van der Waals surface area contributed by atoms with E-state index < -0.39 is 5.41 Å². The first kappa shape index (κ1) is 12.6. The van der Waals surface area contributed by atoms with E-state index in [1.165, 1.54) is 4.90 Å². The van der Waals surface area contributed by atoms with Crippen LogP contribution in [0.2, 0.25) is 0 Å². The number of nitrogens with zero attached hydrogens (tertiary/aromatic N) is 2. The summed E-state index contributed by atoms with van der Waals surface area (Å²) in [4.78, 5) is 16.5. The third kappa shape index (κ3) is 1.28. The Morgan fingerprint density at radius 1 is 1.41 bits per heavy atom. The number of aromatic nitrogens is 1. The molecule has 1 atom stereocenters. The van der Waals surface area contributed by atoms with Gasteiger partial charge in [-0.2, -0.15) is 0 Å². The Kier molecular flexibility index (Phi) is 2.33. The minimum atomic E-state index is -0.775. The van der Waals surface area contributed by atoms with E-state index in [0.717, 1.165) is 35.5 Å². The van der Waals surface area contributed by atoms with Gasteiger partial charge in [-0.05, 0) is 30.3 Å². The van der Waals surface area contributed by atoms with Gasteiger partial charge in [-0.25, -0.2) is 0 Å². The van der Waals surface area contributed by atoms with E-state index >= 15 is 0 Å². The van der Waals surface area contributed by atoms with E-state index in [-0.39, 0.29) is 5.91 Å². The number of anilines is 1. The Labute approximate surface area is 131 Å².